The van der Waals surface area contributed by atoms with Crippen molar-refractivity contribution in [3.05, 3.63) is 64.9 Å². The molecule has 1 aromatic heterocycles. The summed E-state index contributed by atoms with van der Waals surface area (Å²) in [5, 5.41) is 5.24. The van der Waals surface area contributed by atoms with Gasteiger partial charge in [0.25, 0.3) is 5.91 Å². The van der Waals surface area contributed by atoms with Gasteiger partial charge in [0, 0.05) is 9.86 Å². The maximum atomic E-state index is 14.0. The second-order valence-corrected chi connectivity index (χ2v) is 7.81. The number of nitrogens with two attached hydrogens (primary N) is 1. The molecule has 0 radical (unpaired) electrons. The maximum absolute atomic E-state index is 14.0. The minimum absolute atomic E-state index is 0. The number of carbonyl (C=O) groups excluding carboxylic acids is 1. The Labute approximate surface area is 173 Å². The molecule has 1 amide bonds. The molecule has 0 unspecified atom stereocenters. The summed E-state index contributed by atoms with van der Waals surface area (Å²) in [7, 11) is 0. The fourth-order valence-corrected chi connectivity index (χ4v) is 4.23. The van der Waals surface area contributed by atoms with Crippen LogP contribution in [0.4, 0.5) is 15.2 Å². The van der Waals surface area contributed by atoms with E-state index < -0.39 is 5.82 Å². The number of anilines is 2. The average molecular weight is 467 g/mol. The standard InChI is InChI=1S/C19H13BrFN3OS.ClH/c20-12-6-7-15(14(21)9-12)23-17(25)10-24-18-13-4-2-1-3-11(13)5-8-16(18)26-19(24)22;/h1-9,22H,10H2,(H,23,25);1H. The van der Waals surface area contributed by atoms with Gasteiger partial charge in [-0.2, -0.15) is 0 Å². The number of carbonyl (C=O) groups is 1. The second kappa shape index (κ2) is 7.80. The Morgan fingerprint density at radius 2 is 1.96 bits per heavy atom. The number of hydrogen-bond acceptors (Lipinski definition) is 3. The number of fused-ring (bicyclic) bond motifs is 3. The van der Waals surface area contributed by atoms with Gasteiger partial charge < -0.3 is 17.7 Å². The van der Waals surface area contributed by atoms with Crippen LogP contribution >= 0.6 is 27.3 Å². The lowest BCUT2D eigenvalue weighted by molar-refractivity contribution is -0.638. The van der Waals surface area contributed by atoms with Gasteiger partial charge in [0.2, 0.25) is 0 Å². The van der Waals surface area contributed by atoms with E-state index in [0.717, 1.165) is 21.0 Å². The van der Waals surface area contributed by atoms with Crippen LogP contribution in [-0.4, -0.2) is 5.91 Å². The van der Waals surface area contributed by atoms with Gasteiger partial charge in [-0.15, -0.1) is 0 Å². The van der Waals surface area contributed by atoms with Crippen molar-refractivity contribution in [2.75, 3.05) is 11.1 Å². The number of nitrogen functional groups attached to an aromatic ring is 1. The quantitative estimate of drug-likeness (QED) is 0.449. The number of thiazole rings is 1. The van der Waals surface area contributed by atoms with E-state index >= 15 is 0 Å². The van der Waals surface area contributed by atoms with Gasteiger partial charge >= 0.3 is 5.13 Å². The Morgan fingerprint density at radius 3 is 2.74 bits per heavy atom. The molecule has 0 aliphatic rings. The van der Waals surface area contributed by atoms with E-state index in [-0.39, 0.29) is 30.5 Å². The molecule has 4 rings (SSSR count). The summed E-state index contributed by atoms with van der Waals surface area (Å²) in [6.07, 6.45) is 0. The molecule has 0 saturated heterocycles. The van der Waals surface area contributed by atoms with Crippen molar-refractivity contribution in [3.63, 3.8) is 0 Å². The van der Waals surface area contributed by atoms with E-state index in [1.807, 2.05) is 36.4 Å². The third-order valence-corrected chi connectivity index (χ3v) is 5.59. The Kier molecular flexibility index (Phi) is 5.64. The van der Waals surface area contributed by atoms with Crippen molar-refractivity contribution in [3.8, 4) is 0 Å². The lowest BCUT2D eigenvalue weighted by Gasteiger charge is -2.07. The van der Waals surface area contributed by atoms with E-state index in [0.29, 0.717) is 9.60 Å². The normalized spacial score (nSPS) is 10.7. The van der Waals surface area contributed by atoms with Crippen LogP contribution < -0.4 is 28.0 Å². The molecular weight excluding hydrogens is 453 g/mol. The molecule has 0 bridgehead atoms. The first-order valence-corrected chi connectivity index (χ1v) is 9.48. The van der Waals surface area contributed by atoms with E-state index in [9.17, 15) is 9.18 Å². The number of amides is 1. The molecule has 0 atom stereocenters. The highest BCUT2D eigenvalue weighted by Crippen LogP contribution is 2.29. The van der Waals surface area contributed by atoms with Crippen LogP contribution in [0, 0.1) is 5.82 Å². The lowest BCUT2D eigenvalue weighted by atomic mass is 10.1. The van der Waals surface area contributed by atoms with Crippen LogP contribution in [0.5, 0.6) is 0 Å². The number of aromatic nitrogens is 1. The third kappa shape index (κ3) is 3.76. The molecule has 8 heteroatoms. The minimum atomic E-state index is -0.494. The zero-order valence-electron chi connectivity index (χ0n) is 13.9. The minimum Gasteiger partial charge on any atom is -1.00 e. The first-order valence-electron chi connectivity index (χ1n) is 7.87. The largest absolute Gasteiger partial charge is 1.00 e. The summed E-state index contributed by atoms with van der Waals surface area (Å²) in [4.78, 5) is 12.5. The van der Waals surface area contributed by atoms with Crippen molar-refractivity contribution in [1.82, 2.24) is 0 Å². The molecule has 0 saturated carbocycles. The first kappa shape index (κ1) is 19.5. The van der Waals surface area contributed by atoms with E-state index in [1.54, 1.807) is 10.6 Å². The summed E-state index contributed by atoms with van der Waals surface area (Å²) in [6, 6.07) is 16.5. The zero-order chi connectivity index (χ0) is 18.3. The molecule has 0 aliphatic heterocycles. The summed E-state index contributed by atoms with van der Waals surface area (Å²) in [6.45, 7) is 0.00927. The second-order valence-electron chi connectivity index (χ2n) is 5.83. The van der Waals surface area contributed by atoms with Gasteiger partial charge in [0.05, 0.1) is 10.4 Å². The van der Waals surface area contributed by atoms with Crippen LogP contribution in [0.2, 0.25) is 0 Å². The Morgan fingerprint density at radius 1 is 1.19 bits per heavy atom. The fraction of sp³-hybridized carbons (Fsp3) is 0.0526. The molecule has 4 nitrogen and oxygen atoms in total. The molecule has 138 valence electrons. The number of nitrogens with zero attached hydrogens (tertiary/aromatic N) is 1. The first-order chi connectivity index (χ1) is 12.5. The monoisotopic (exact) mass is 465 g/mol. The van der Waals surface area contributed by atoms with Gasteiger partial charge in [-0.25, -0.2) is 8.96 Å². The Bertz CT molecular complexity index is 1160. The van der Waals surface area contributed by atoms with E-state index in [2.05, 4.69) is 21.2 Å². The highest BCUT2D eigenvalue weighted by atomic mass is 79.9. The molecule has 0 fully saturated rings. The summed E-state index contributed by atoms with van der Waals surface area (Å²) in [5.74, 6) is -0.832. The van der Waals surface area contributed by atoms with Gasteiger partial charge in [0.15, 0.2) is 12.1 Å². The molecule has 0 aliphatic carbocycles. The predicted octanol–water partition coefficient (Wildman–Crippen LogP) is 1.47. The topological polar surface area (TPSA) is 59.0 Å². The zero-order valence-corrected chi connectivity index (χ0v) is 17.0. The third-order valence-electron chi connectivity index (χ3n) is 4.12. The number of benzene rings is 3. The lowest BCUT2D eigenvalue weighted by Crippen LogP contribution is -3.00. The smallest absolute Gasteiger partial charge is 0.333 e. The predicted molar refractivity (Wildman–Crippen MR) is 107 cm³/mol. The summed E-state index contributed by atoms with van der Waals surface area (Å²) in [5.41, 5.74) is 7.21. The average Bonchev–Trinajstić information content (AvgIpc) is 2.93. The Balaban J connectivity index is 0.00000210. The van der Waals surface area contributed by atoms with Crippen molar-refractivity contribution in [2.24, 2.45) is 0 Å². The van der Waals surface area contributed by atoms with Crippen LogP contribution in [0.1, 0.15) is 0 Å². The molecule has 27 heavy (non-hydrogen) atoms. The number of halogens is 3. The van der Waals surface area contributed by atoms with Gasteiger partial charge in [-0.3, -0.25) is 10.5 Å². The highest BCUT2D eigenvalue weighted by molar-refractivity contribution is 9.10. The summed E-state index contributed by atoms with van der Waals surface area (Å²) >= 11 is 4.63. The van der Waals surface area contributed by atoms with E-state index in [1.165, 1.54) is 23.5 Å². The molecule has 4 aromatic rings. The fourth-order valence-electron chi connectivity index (χ4n) is 2.96. The van der Waals surface area contributed by atoms with Crippen LogP contribution in [-0.2, 0) is 11.3 Å². The van der Waals surface area contributed by atoms with Gasteiger partial charge in [0.1, 0.15) is 5.82 Å². The van der Waals surface area contributed by atoms with Crippen molar-refractivity contribution >= 4 is 65.0 Å². The van der Waals surface area contributed by atoms with Crippen LogP contribution in [0.3, 0.4) is 0 Å². The SMILES string of the molecule is Nc1sc2ccc3ccccc3c2[n+]1CC(=O)Nc1ccc(Br)cc1F.[Cl-]. The highest BCUT2D eigenvalue weighted by Gasteiger charge is 2.20. The van der Waals surface area contributed by atoms with Crippen molar-refractivity contribution < 1.29 is 26.2 Å². The molecular formula is C19H14BrClFN3OS. The maximum Gasteiger partial charge on any atom is 0.333 e. The number of rotatable bonds is 3. The van der Waals surface area contributed by atoms with Crippen molar-refractivity contribution in [2.45, 2.75) is 6.54 Å². The van der Waals surface area contributed by atoms with Crippen LogP contribution in [0.25, 0.3) is 21.0 Å². The number of hydrogen-bond donors (Lipinski definition) is 2. The molecule has 1 heterocycles. The molecule has 0 spiro atoms. The van der Waals surface area contributed by atoms with Gasteiger partial charge in [-0.05, 0) is 41.0 Å². The number of nitrogens with one attached hydrogen (secondary N) is 1. The van der Waals surface area contributed by atoms with E-state index in [4.69, 9.17) is 5.73 Å². The van der Waals surface area contributed by atoms with Gasteiger partial charge in [-0.1, -0.05) is 46.3 Å². The molecule has 3 N–H and O–H groups in total. The summed E-state index contributed by atoms with van der Waals surface area (Å²) < 4.78 is 17.3. The van der Waals surface area contributed by atoms with Crippen molar-refractivity contribution in [1.29, 1.82) is 0 Å². The molecule has 3 aromatic carbocycles. The van der Waals surface area contributed by atoms with Crippen LogP contribution in [0.15, 0.2) is 59.1 Å². The Hall–Kier alpha value is -2.22.